The minimum atomic E-state index is 0.533. The van der Waals surface area contributed by atoms with E-state index in [-0.39, 0.29) is 0 Å². The molecule has 0 aromatic carbocycles. The third-order valence-electron chi connectivity index (χ3n) is 4.49. The molecule has 0 saturated heterocycles. The fraction of sp³-hybridized carbons (Fsp3) is 0.812. The first kappa shape index (κ1) is 15.1. The van der Waals surface area contributed by atoms with Gasteiger partial charge in [0.2, 0.25) is 5.16 Å². The second-order valence-electron chi connectivity index (χ2n) is 6.13. The molecule has 2 heterocycles. The van der Waals surface area contributed by atoms with Crippen molar-refractivity contribution in [2.75, 3.05) is 0 Å². The molecule has 116 valence electrons. The summed E-state index contributed by atoms with van der Waals surface area (Å²) in [4.78, 5) is 0. The predicted molar refractivity (Wildman–Crippen MR) is 88.0 cm³/mol. The predicted octanol–water partition coefficient (Wildman–Crippen LogP) is 4.43. The zero-order chi connectivity index (χ0) is 14.5. The smallest absolute Gasteiger partial charge is 0.192 e. The van der Waals surface area contributed by atoms with Gasteiger partial charge in [0.05, 0.1) is 11.0 Å². The number of hydrogen-bond acceptors (Lipinski definition) is 4. The second-order valence-corrected chi connectivity index (χ2v) is 7.30. The van der Waals surface area contributed by atoms with Gasteiger partial charge in [-0.05, 0) is 19.3 Å². The van der Waals surface area contributed by atoms with Crippen LogP contribution in [0, 0.1) is 0 Å². The van der Waals surface area contributed by atoms with Crippen LogP contribution in [0.3, 0.4) is 0 Å². The van der Waals surface area contributed by atoms with Crippen molar-refractivity contribution in [1.82, 2.24) is 14.9 Å². The average Bonchev–Trinajstić information content (AvgIpc) is 2.89. The lowest BCUT2D eigenvalue weighted by Gasteiger charge is -2.23. The van der Waals surface area contributed by atoms with Gasteiger partial charge >= 0.3 is 0 Å². The maximum atomic E-state index is 4.91. The van der Waals surface area contributed by atoms with E-state index in [1.165, 1.54) is 63.5 Å². The summed E-state index contributed by atoms with van der Waals surface area (Å²) in [7, 11) is 0. The summed E-state index contributed by atoms with van der Waals surface area (Å²) >= 11 is 1.89. The zero-order valence-electron chi connectivity index (χ0n) is 13.1. The van der Waals surface area contributed by atoms with Crippen molar-refractivity contribution in [3.05, 3.63) is 5.82 Å². The van der Waals surface area contributed by atoms with Gasteiger partial charge in [0, 0.05) is 6.42 Å². The number of hydrogen-bond donors (Lipinski definition) is 0. The van der Waals surface area contributed by atoms with Gasteiger partial charge in [0.25, 0.3) is 0 Å². The van der Waals surface area contributed by atoms with Gasteiger partial charge in [-0.15, -0.1) is 10.2 Å². The lowest BCUT2D eigenvalue weighted by atomic mass is 9.99. The molecule has 0 spiro atoms. The van der Waals surface area contributed by atoms with Crippen molar-refractivity contribution in [3.63, 3.8) is 0 Å². The quantitative estimate of drug-likeness (QED) is 0.770. The van der Waals surface area contributed by atoms with Gasteiger partial charge in [-0.3, -0.25) is 0 Å². The molecule has 1 aromatic rings. The number of rotatable bonds is 1. The SMILES string of the molecule is CCc1nnc2n1N=C1CCCCCCCCCCC1S2. The summed E-state index contributed by atoms with van der Waals surface area (Å²) in [5.41, 5.74) is 1.38. The first-order valence-corrected chi connectivity index (χ1v) is 9.45. The summed E-state index contributed by atoms with van der Waals surface area (Å²) in [5, 5.41) is 15.0. The summed E-state index contributed by atoms with van der Waals surface area (Å²) < 4.78 is 1.99. The molecule has 0 bridgehead atoms. The molecule has 1 fully saturated rings. The molecule has 1 unspecified atom stereocenters. The number of aryl methyl sites for hydroxylation is 1. The van der Waals surface area contributed by atoms with Crippen molar-refractivity contribution in [2.24, 2.45) is 5.10 Å². The second kappa shape index (κ2) is 7.43. The maximum Gasteiger partial charge on any atom is 0.212 e. The highest BCUT2D eigenvalue weighted by Crippen LogP contribution is 2.33. The lowest BCUT2D eigenvalue weighted by molar-refractivity contribution is 0.553. The Bertz CT molecular complexity index is 494. The number of fused-ring (bicyclic) bond motifs is 2. The average molecular weight is 306 g/mol. The Labute approximate surface area is 131 Å². The van der Waals surface area contributed by atoms with Gasteiger partial charge in [0.15, 0.2) is 5.82 Å². The van der Waals surface area contributed by atoms with Crippen LogP contribution < -0.4 is 0 Å². The zero-order valence-corrected chi connectivity index (χ0v) is 13.9. The molecular weight excluding hydrogens is 280 g/mol. The Morgan fingerprint density at radius 1 is 1.00 bits per heavy atom. The minimum absolute atomic E-state index is 0.533. The number of aromatic nitrogens is 3. The van der Waals surface area contributed by atoms with Crippen molar-refractivity contribution < 1.29 is 0 Å². The standard InChI is InChI=1S/C16H26N4S/c1-2-15-17-18-16-20(15)19-13-11-9-7-5-3-4-6-8-10-12-14(13)21-16/h14H,2-12H2,1H3. The molecule has 1 saturated carbocycles. The van der Waals surface area contributed by atoms with E-state index < -0.39 is 0 Å². The van der Waals surface area contributed by atoms with Crippen molar-refractivity contribution in [2.45, 2.75) is 88.0 Å². The van der Waals surface area contributed by atoms with Crippen LogP contribution in [0.2, 0.25) is 0 Å². The normalized spacial score (nSPS) is 24.2. The highest BCUT2D eigenvalue weighted by Gasteiger charge is 2.26. The van der Waals surface area contributed by atoms with Crippen LogP contribution in [-0.4, -0.2) is 25.8 Å². The highest BCUT2D eigenvalue weighted by molar-refractivity contribution is 8.00. The van der Waals surface area contributed by atoms with E-state index >= 15 is 0 Å². The monoisotopic (exact) mass is 306 g/mol. The summed E-state index contributed by atoms with van der Waals surface area (Å²) in [6.45, 7) is 2.12. The number of thioether (sulfide) groups is 1. The van der Waals surface area contributed by atoms with E-state index in [2.05, 4.69) is 17.1 Å². The van der Waals surface area contributed by atoms with Gasteiger partial charge in [0.1, 0.15) is 0 Å². The van der Waals surface area contributed by atoms with E-state index in [0.717, 1.165) is 23.8 Å². The van der Waals surface area contributed by atoms with Gasteiger partial charge in [-0.1, -0.05) is 63.6 Å². The fourth-order valence-corrected chi connectivity index (χ4v) is 4.39. The molecule has 0 amide bonds. The van der Waals surface area contributed by atoms with Crippen LogP contribution in [0.15, 0.2) is 10.3 Å². The topological polar surface area (TPSA) is 43.1 Å². The van der Waals surface area contributed by atoms with E-state index in [0.29, 0.717) is 5.25 Å². The molecule has 2 aliphatic rings. The van der Waals surface area contributed by atoms with E-state index in [4.69, 9.17) is 5.10 Å². The molecule has 0 N–H and O–H groups in total. The van der Waals surface area contributed by atoms with Crippen LogP contribution >= 0.6 is 11.8 Å². The van der Waals surface area contributed by atoms with Crippen LogP contribution in [0.4, 0.5) is 0 Å². The molecule has 4 nitrogen and oxygen atoms in total. The van der Waals surface area contributed by atoms with Crippen LogP contribution in [0.5, 0.6) is 0 Å². The van der Waals surface area contributed by atoms with Gasteiger partial charge in [-0.2, -0.15) is 9.78 Å². The Hall–Kier alpha value is -0.840. The Kier molecular flexibility index (Phi) is 5.33. The molecule has 3 rings (SSSR count). The van der Waals surface area contributed by atoms with Crippen LogP contribution in [-0.2, 0) is 6.42 Å². The third-order valence-corrected chi connectivity index (χ3v) is 5.75. The Morgan fingerprint density at radius 3 is 2.48 bits per heavy atom. The number of nitrogens with zero attached hydrogens (tertiary/aromatic N) is 4. The van der Waals surface area contributed by atoms with E-state index in [1.54, 1.807) is 0 Å². The molecule has 21 heavy (non-hydrogen) atoms. The van der Waals surface area contributed by atoms with Crippen molar-refractivity contribution >= 4 is 17.5 Å². The molecule has 1 atom stereocenters. The van der Waals surface area contributed by atoms with Crippen molar-refractivity contribution in [3.8, 4) is 0 Å². The Morgan fingerprint density at radius 2 is 1.71 bits per heavy atom. The lowest BCUT2D eigenvalue weighted by Crippen LogP contribution is -2.24. The van der Waals surface area contributed by atoms with Crippen LogP contribution in [0.25, 0.3) is 0 Å². The van der Waals surface area contributed by atoms with E-state index in [1.807, 2.05) is 16.4 Å². The first-order chi connectivity index (χ1) is 10.4. The largest absolute Gasteiger partial charge is 0.212 e. The summed E-state index contributed by atoms with van der Waals surface area (Å²) in [6, 6.07) is 0. The molecular formula is C16H26N4S. The van der Waals surface area contributed by atoms with Gasteiger partial charge in [-0.25, -0.2) is 0 Å². The summed E-state index contributed by atoms with van der Waals surface area (Å²) in [6.07, 6.45) is 14.3. The summed E-state index contributed by atoms with van der Waals surface area (Å²) in [5.74, 6) is 0.995. The Balaban J connectivity index is 1.77. The van der Waals surface area contributed by atoms with E-state index in [9.17, 15) is 0 Å². The maximum absolute atomic E-state index is 4.91. The molecule has 0 radical (unpaired) electrons. The van der Waals surface area contributed by atoms with Gasteiger partial charge < -0.3 is 0 Å². The van der Waals surface area contributed by atoms with Crippen LogP contribution in [0.1, 0.15) is 77.0 Å². The minimum Gasteiger partial charge on any atom is -0.192 e. The molecule has 1 aliphatic heterocycles. The van der Waals surface area contributed by atoms with Crippen molar-refractivity contribution in [1.29, 1.82) is 0 Å². The fourth-order valence-electron chi connectivity index (χ4n) is 3.21. The molecule has 1 aromatic heterocycles. The molecule has 5 heteroatoms. The first-order valence-electron chi connectivity index (χ1n) is 8.57. The highest BCUT2D eigenvalue weighted by atomic mass is 32.2. The third kappa shape index (κ3) is 3.68. The molecule has 1 aliphatic carbocycles.